The molecule has 11 nitrogen and oxygen atoms in total. The number of carbonyl (C=O) groups is 3. The standard InChI is InChI=1S/C23H23N5O2S.C2H2O4/c1-15(29)26-13-18-9-10-21(30-18)20-14-31-23(27-20)28-22(24)25-12-11-17-7-4-6-16-5-2-3-8-19(16)17;3-1(4)2(5)6/h2-10,14H,11-13H2,1H3,(H,26,29)(H3,24,25,27,28);(H,3,4)(H,5,6). The number of carboxylic acid groups (broad SMARTS) is 2. The number of aliphatic imine (C=N–C) groups is 1. The number of carboxylic acids is 2. The summed E-state index contributed by atoms with van der Waals surface area (Å²) in [6, 6.07) is 18.3. The summed E-state index contributed by atoms with van der Waals surface area (Å²) < 4.78 is 5.73. The number of hydrogen-bond acceptors (Lipinski definition) is 7. The minimum Gasteiger partial charge on any atom is -0.473 e. The third-order valence-corrected chi connectivity index (χ3v) is 5.65. The van der Waals surface area contributed by atoms with Gasteiger partial charge in [0.25, 0.3) is 0 Å². The first-order valence-corrected chi connectivity index (χ1v) is 11.9. The number of hydrogen-bond donors (Lipinski definition) is 5. The molecule has 0 radical (unpaired) electrons. The number of fused-ring (bicyclic) bond motifs is 1. The number of nitrogens with zero attached hydrogens (tertiary/aromatic N) is 2. The molecule has 4 aromatic rings. The van der Waals surface area contributed by atoms with E-state index in [1.807, 2.05) is 29.6 Å². The predicted octanol–water partition coefficient (Wildman–Crippen LogP) is 3.32. The summed E-state index contributed by atoms with van der Waals surface area (Å²) in [5.74, 6) is -2.12. The minimum absolute atomic E-state index is 0.103. The lowest BCUT2D eigenvalue weighted by Crippen LogP contribution is -2.23. The lowest BCUT2D eigenvalue weighted by molar-refractivity contribution is -0.159. The first kappa shape index (κ1) is 26.9. The maximum Gasteiger partial charge on any atom is 0.414 e. The molecule has 0 aliphatic heterocycles. The molecule has 0 aliphatic carbocycles. The smallest absolute Gasteiger partial charge is 0.414 e. The Hall–Kier alpha value is -4.71. The highest BCUT2D eigenvalue weighted by molar-refractivity contribution is 7.14. The van der Waals surface area contributed by atoms with Crippen LogP contribution in [0.25, 0.3) is 22.2 Å². The van der Waals surface area contributed by atoms with E-state index >= 15 is 0 Å². The molecule has 0 fully saturated rings. The van der Waals surface area contributed by atoms with Crippen LogP contribution in [-0.2, 0) is 27.3 Å². The molecule has 0 bridgehead atoms. The van der Waals surface area contributed by atoms with Crippen molar-refractivity contribution in [3.05, 3.63) is 71.3 Å². The maximum atomic E-state index is 11.0. The highest BCUT2D eigenvalue weighted by Gasteiger charge is 2.10. The third kappa shape index (κ3) is 8.18. The summed E-state index contributed by atoms with van der Waals surface area (Å²) >= 11 is 1.42. The molecule has 1 amide bonds. The zero-order valence-corrected chi connectivity index (χ0v) is 20.6. The fourth-order valence-corrected chi connectivity index (χ4v) is 3.93. The number of thiazole rings is 1. The van der Waals surface area contributed by atoms with Crippen LogP contribution in [0.15, 0.2) is 69.4 Å². The van der Waals surface area contributed by atoms with E-state index in [4.69, 9.17) is 30.0 Å². The second-order valence-electron chi connectivity index (χ2n) is 7.60. The van der Waals surface area contributed by atoms with Gasteiger partial charge in [-0.15, -0.1) is 11.3 Å². The van der Waals surface area contributed by atoms with E-state index in [2.05, 4.69) is 50.9 Å². The van der Waals surface area contributed by atoms with Gasteiger partial charge in [-0.25, -0.2) is 14.6 Å². The van der Waals surface area contributed by atoms with Gasteiger partial charge in [-0.1, -0.05) is 42.5 Å². The SMILES string of the molecule is CC(=O)NCc1ccc(-c2csc(NC(N)=NCCc3cccc4ccccc34)n2)o1.O=C(O)C(=O)O. The Balaban J connectivity index is 0.000000568. The van der Waals surface area contributed by atoms with E-state index in [1.165, 1.54) is 34.6 Å². The van der Waals surface area contributed by atoms with Crippen molar-refractivity contribution in [3.63, 3.8) is 0 Å². The first-order valence-electron chi connectivity index (χ1n) is 11.0. The van der Waals surface area contributed by atoms with Gasteiger partial charge in [0.05, 0.1) is 6.54 Å². The van der Waals surface area contributed by atoms with Crippen LogP contribution in [0.3, 0.4) is 0 Å². The minimum atomic E-state index is -1.82. The van der Waals surface area contributed by atoms with E-state index in [9.17, 15) is 4.79 Å². The van der Waals surface area contributed by atoms with Gasteiger partial charge in [0.2, 0.25) is 5.91 Å². The average molecular weight is 524 g/mol. The van der Waals surface area contributed by atoms with Gasteiger partial charge in [-0.3, -0.25) is 9.79 Å². The summed E-state index contributed by atoms with van der Waals surface area (Å²) in [6.07, 6.45) is 0.802. The van der Waals surface area contributed by atoms with Gasteiger partial charge in [0.1, 0.15) is 11.5 Å². The van der Waals surface area contributed by atoms with Crippen LogP contribution in [-0.4, -0.2) is 45.5 Å². The predicted molar refractivity (Wildman–Crippen MR) is 140 cm³/mol. The molecule has 2 aromatic carbocycles. The Morgan fingerprint density at radius 1 is 1.05 bits per heavy atom. The molecular weight excluding hydrogens is 498 g/mol. The number of rotatable bonds is 7. The molecule has 192 valence electrons. The number of guanidine groups is 1. The quantitative estimate of drug-likeness (QED) is 0.138. The van der Waals surface area contributed by atoms with Gasteiger partial charge in [0, 0.05) is 18.8 Å². The molecule has 2 aromatic heterocycles. The van der Waals surface area contributed by atoms with Gasteiger partial charge in [-0.2, -0.15) is 0 Å². The van der Waals surface area contributed by atoms with Crippen LogP contribution in [0.4, 0.5) is 5.13 Å². The van der Waals surface area contributed by atoms with Crippen LogP contribution in [0, 0.1) is 0 Å². The van der Waals surface area contributed by atoms with Crippen molar-refractivity contribution >= 4 is 51.0 Å². The van der Waals surface area contributed by atoms with Crippen molar-refractivity contribution in [2.75, 3.05) is 11.9 Å². The highest BCUT2D eigenvalue weighted by atomic mass is 32.1. The Labute approximate surface area is 215 Å². The Morgan fingerprint density at radius 2 is 1.78 bits per heavy atom. The average Bonchev–Trinajstić information content (AvgIpc) is 3.53. The van der Waals surface area contributed by atoms with Crippen LogP contribution in [0.2, 0.25) is 0 Å². The zero-order chi connectivity index (χ0) is 26.8. The van der Waals surface area contributed by atoms with E-state index in [1.54, 1.807) is 0 Å². The fourth-order valence-electron chi connectivity index (χ4n) is 3.22. The van der Waals surface area contributed by atoms with Crippen molar-refractivity contribution in [1.82, 2.24) is 10.3 Å². The molecule has 0 atom stereocenters. The topological polar surface area (TPSA) is 180 Å². The first-order chi connectivity index (χ1) is 17.7. The Bertz CT molecular complexity index is 1410. The van der Waals surface area contributed by atoms with Crippen molar-refractivity contribution in [2.45, 2.75) is 19.9 Å². The number of carbonyl (C=O) groups excluding carboxylic acids is 1. The molecular formula is C25H25N5O6S. The number of amides is 1. The lowest BCUT2D eigenvalue weighted by atomic mass is 10.0. The summed E-state index contributed by atoms with van der Waals surface area (Å²) in [7, 11) is 0. The van der Waals surface area contributed by atoms with Crippen molar-refractivity contribution in [3.8, 4) is 11.5 Å². The number of nitrogens with two attached hydrogens (primary N) is 1. The van der Waals surface area contributed by atoms with Gasteiger partial charge in [0.15, 0.2) is 16.9 Å². The summed E-state index contributed by atoms with van der Waals surface area (Å²) in [6.45, 7) is 2.40. The van der Waals surface area contributed by atoms with E-state index < -0.39 is 11.9 Å². The van der Waals surface area contributed by atoms with E-state index in [-0.39, 0.29) is 5.91 Å². The van der Waals surface area contributed by atoms with Crippen LogP contribution < -0.4 is 16.4 Å². The molecule has 0 unspecified atom stereocenters. The highest BCUT2D eigenvalue weighted by Crippen LogP contribution is 2.26. The molecule has 12 heteroatoms. The summed E-state index contributed by atoms with van der Waals surface area (Å²) in [5.41, 5.74) is 7.99. The molecule has 0 saturated heterocycles. The van der Waals surface area contributed by atoms with Crippen molar-refractivity contribution in [1.29, 1.82) is 0 Å². The van der Waals surface area contributed by atoms with E-state index in [0.29, 0.717) is 41.4 Å². The van der Waals surface area contributed by atoms with Gasteiger partial charge < -0.3 is 31.0 Å². The summed E-state index contributed by atoms with van der Waals surface area (Å²) in [4.78, 5) is 38.2. The molecule has 0 aliphatic rings. The Morgan fingerprint density at radius 3 is 2.51 bits per heavy atom. The number of furan rings is 1. The van der Waals surface area contributed by atoms with E-state index in [0.717, 1.165) is 6.42 Å². The lowest BCUT2D eigenvalue weighted by Gasteiger charge is -2.05. The van der Waals surface area contributed by atoms with Crippen LogP contribution in [0.1, 0.15) is 18.2 Å². The number of benzene rings is 2. The Kier molecular flexibility index (Phi) is 9.33. The molecule has 6 N–H and O–H groups in total. The number of nitrogens with one attached hydrogen (secondary N) is 2. The van der Waals surface area contributed by atoms with Crippen LogP contribution in [0.5, 0.6) is 0 Å². The van der Waals surface area contributed by atoms with Crippen molar-refractivity contribution in [2.24, 2.45) is 10.7 Å². The fraction of sp³-hybridized carbons (Fsp3) is 0.160. The maximum absolute atomic E-state index is 11.0. The number of aliphatic carboxylic acids is 2. The van der Waals surface area contributed by atoms with Gasteiger partial charge >= 0.3 is 11.9 Å². The van der Waals surface area contributed by atoms with Crippen LogP contribution >= 0.6 is 11.3 Å². The third-order valence-electron chi connectivity index (χ3n) is 4.89. The second kappa shape index (κ2) is 12.8. The molecule has 2 heterocycles. The largest absolute Gasteiger partial charge is 0.473 e. The molecule has 0 saturated carbocycles. The molecule has 37 heavy (non-hydrogen) atoms. The molecule has 0 spiro atoms. The number of aromatic nitrogens is 1. The molecule has 4 rings (SSSR count). The second-order valence-corrected chi connectivity index (χ2v) is 8.46. The monoisotopic (exact) mass is 523 g/mol. The zero-order valence-electron chi connectivity index (χ0n) is 19.8. The van der Waals surface area contributed by atoms with Gasteiger partial charge in [-0.05, 0) is 34.9 Å². The van der Waals surface area contributed by atoms with Crippen molar-refractivity contribution < 1.29 is 29.0 Å². The summed E-state index contributed by atoms with van der Waals surface area (Å²) in [5, 5.41) is 25.5. The number of anilines is 1. The normalized spacial score (nSPS) is 10.9.